The van der Waals surface area contributed by atoms with Gasteiger partial charge in [0.15, 0.2) is 0 Å². The average molecular weight is 167 g/mol. The van der Waals surface area contributed by atoms with Crippen LogP contribution in [-0.4, -0.2) is 0 Å². The van der Waals surface area contributed by atoms with E-state index >= 15 is 0 Å². The van der Waals surface area contributed by atoms with Gasteiger partial charge in [-0.15, -0.1) is 0 Å². The monoisotopic (exact) mass is 166 g/mol. The van der Waals surface area contributed by atoms with Crippen molar-refractivity contribution < 1.29 is 4.39 Å². The lowest BCUT2D eigenvalue weighted by Gasteiger charge is -1.88. The van der Waals surface area contributed by atoms with Crippen LogP contribution in [0.25, 0.3) is 0 Å². The highest BCUT2D eigenvalue weighted by atomic mass is 79.9. The van der Waals surface area contributed by atoms with Gasteiger partial charge in [-0.1, -0.05) is 22.9 Å². The van der Waals surface area contributed by atoms with Gasteiger partial charge in [-0.2, -0.15) is 0 Å². The van der Waals surface area contributed by atoms with Crippen LogP contribution in [0.15, 0.2) is 10.3 Å². The lowest BCUT2D eigenvalue weighted by molar-refractivity contribution is 0.632. The van der Waals surface area contributed by atoms with E-state index in [1.165, 1.54) is 6.92 Å². The van der Waals surface area contributed by atoms with Gasteiger partial charge in [-0.25, -0.2) is 4.39 Å². The topological polar surface area (TPSA) is 0 Å². The van der Waals surface area contributed by atoms with Crippen molar-refractivity contribution in [3.05, 3.63) is 10.3 Å². The first-order chi connectivity index (χ1) is 3.18. The molecule has 0 aliphatic carbocycles. The van der Waals surface area contributed by atoms with Crippen LogP contribution in [0.3, 0.4) is 0 Å². The van der Waals surface area contributed by atoms with Crippen molar-refractivity contribution in [3.8, 4) is 0 Å². The van der Waals surface area contributed by atoms with Crippen molar-refractivity contribution in [2.24, 2.45) is 0 Å². The number of halogens is 2. The summed E-state index contributed by atoms with van der Waals surface area (Å²) >= 11 is 3.05. The Bertz CT molecular complexity index is 82.1. The number of hydrogen-bond acceptors (Lipinski definition) is 0. The fourth-order valence-corrected chi connectivity index (χ4v) is 0.244. The normalized spacial score (nSPS) is 13.7. The predicted molar refractivity (Wildman–Crippen MR) is 33.0 cm³/mol. The van der Waals surface area contributed by atoms with E-state index in [1.54, 1.807) is 0 Å². The minimum Gasteiger partial charge on any atom is -0.211 e. The minimum absolute atomic E-state index is 0.123. The summed E-state index contributed by atoms with van der Waals surface area (Å²) in [6.45, 7) is 3.33. The van der Waals surface area contributed by atoms with Crippen LogP contribution in [0.2, 0.25) is 0 Å². The summed E-state index contributed by atoms with van der Waals surface area (Å²) in [5.41, 5.74) is 0. The molecule has 0 N–H and O–H groups in total. The largest absolute Gasteiger partial charge is 0.211 e. The maximum absolute atomic E-state index is 11.9. The van der Waals surface area contributed by atoms with Gasteiger partial charge in [0.05, 0.1) is 0 Å². The third-order valence-corrected chi connectivity index (χ3v) is 1.79. The summed E-state index contributed by atoms with van der Waals surface area (Å²) in [7, 11) is 0. The Morgan fingerprint density at radius 3 is 2.14 bits per heavy atom. The molecular formula is C5H8BrF. The Labute approximate surface area is 51.5 Å². The maximum Gasteiger partial charge on any atom is 0.107 e. The van der Waals surface area contributed by atoms with E-state index in [2.05, 4.69) is 15.9 Å². The molecule has 0 aliphatic rings. The number of rotatable bonds is 1. The van der Waals surface area contributed by atoms with Crippen molar-refractivity contribution >= 4 is 15.9 Å². The van der Waals surface area contributed by atoms with Gasteiger partial charge in [-0.05, 0) is 13.3 Å². The Balaban J connectivity index is 3.72. The molecule has 0 radical (unpaired) electrons. The lowest BCUT2D eigenvalue weighted by atomic mass is 10.4. The molecule has 0 rings (SSSR count). The smallest absolute Gasteiger partial charge is 0.107 e. The first kappa shape index (κ1) is 7.15. The van der Waals surface area contributed by atoms with E-state index in [0.29, 0.717) is 4.48 Å². The quantitative estimate of drug-likeness (QED) is 0.563. The standard InChI is InChI=1S/C5H8BrF/c1-3-5(6)4(2)7/h3H2,1-2H3. The van der Waals surface area contributed by atoms with Crippen molar-refractivity contribution in [2.45, 2.75) is 20.3 Å². The van der Waals surface area contributed by atoms with Gasteiger partial charge in [0, 0.05) is 4.48 Å². The fourth-order valence-electron chi connectivity index (χ4n) is 0.244. The fraction of sp³-hybridized carbons (Fsp3) is 0.600. The summed E-state index contributed by atoms with van der Waals surface area (Å²) in [5.74, 6) is -0.123. The van der Waals surface area contributed by atoms with Crippen molar-refractivity contribution in [1.29, 1.82) is 0 Å². The summed E-state index contributed by atoms with van der Waals surface area (Å²) in [6.07, 6.45) is 0.738. The zero-order valence-electron chi connectivity index (χ0n) is 4.46. The average Bonchev–Trinajstić information content (AvgIpc) is 1.65. The van der Waals surface area contributed by atoms with Gasteiger partial charge in [0.25, 0.3) is 0 Å². The van der Waals surface area contributed by atoms with E-state index in [4.69, 9.17) is 0 Å². The highest BCUT2D eigenvalue weighted by Gasteiger charge is 1.89. The molecule has 0 bridgehead atoms. The molecule has 0 aromatic rings. The Morgan fingerprint density at radius 1 is 1.71 bits per heavy atom. The zero-order valence-corrected chi connectivity index (χ0v) is 6.05. The second-order valence-corrected chi connectivity index (χ2v) is 2.25. The van der Waals surface area contributed by atoms with Crippen LogP contribution < -0.4 is 0 Å². The van der Waals surface area contributed by atoms with E-state index in [0.717, 1.165) is 6.42 Å². The molecule has 0 aliphatic heterocycles. The molecule has 0 heterocycles. The SMILES string of the molecule is CCC(Br)=C(C)F. The first-order valence-electron chi connectivity index (χ1n) is 2.19. The molecule has 0 unspecified atom stereocenters. The number of hydrogen-bond donors (Lipinski definition) is 0. The molecule has 0 spiro atoms. The highest BCUT2D eigenvalue weighted by molar-refractivity contribution is 9.11. The second-order valence-electron chi connectivity index (χ2n) is 1.29. The van der Waals surface area contributed by atoms with Crippen molar-refractivity contribution in [3.63, 3.8) is 0 Å². The van der Waals surface area contributed by atoms with Gasteiger partial charge < -0.3 is 0 Å². The van der Waals surface area contributed by atoms with Gasteiger partial charge >= 0.3 is 0 Å². The third kappa shape index (κ3) is 2.80. The first-order valence-corrected chi connectivity index (χ1v) is 2.98. The molecule has 0 amide bonds. The van der Waals surface area contributed by atoms with E-state index in [9.17, 15) is 4.39 Å². The van der Waals surface area contributed by atoms with Gasteiger partial charge in [0.2, 0.25) is 0 Å². The minimum atomic E-state index is -0.123. The lowest BCUT2D eigenvalue weighted by Crippen LogP contribution is -1.67. The number of allylic oxidation sites excluding steroid dienone is 2. The van der Waals surface area contributed by atoms with Crippen LogP contribution in [0, 0.1) is 0 Å². The molecule has 0 aromatic carbocycles. The molecule has 0 aromatic heterocycles. The maximum atomic E-state index is 11.9. The summed E-state index contributed by atoms with van der Waals surface area (Å²) in [4.78, 5) is 0. The van der Waals surface area contributed by atoms with Crippen LogP contribution in [-0.2, 0) is 0 Å². The third-order valence-electron chi connectivity index (χ3n) is 0.684. The van der Waals surface area contributed by atoms with Crippen LogP contribution in [0.5, 0.6) is 0 Å². The van der Waals surface area contributed by atoms with Crippen molar-refractivity contribution in [1.82, 2.24) is 0 Å². The molecule has 0 fully saturated rings. The molecule has 42 valence electrons. The predicted octanol–water partition coefficient (Wildman–Crippen LogP) is 2.99. The molecule has 0 saturated heterocycles. The Morgan fingerprint density at radius 2 is 2.14 bits per heavy atom. The summed E-state index contributed by atoms with van der Waals surface area (Å²) in [5, 5.41) is 0. The Hall–Kier alpha value is 0.150. The molecule has 0 nitrogen and oxygen atoms in total. The van der Waals surface area contributed by atoms with Crippen LogP contribution in [0.1, 0.15) is 20.3 Å². The van der Waals surface area contributed by atoms with Crippen LogP contribution in [0.4, 0.5) is 4.39 Å². The van der Waals surface area contributed by atoms with Crippen LogP contribution >= 0.6 is 15.9 Å². The van der Waals surface area contributed by atoms with E-state index < -0.39 is 0 Å². The van der Waals surface area contributed by atoms with E-state index in [1.807, 2.05) is 6.92 Å². The molecule has 2 heteroatoms. The second kappa shape index (κ2) is 3.19. The van der Waals surface area contributed by atoms with E-state index in [-0.39, 0.29) is 5.83 Å². The van der Waals surface area contributed by atoms with Crippen molar-refractivity contribution in [2.75, 3.05) is 0 Å². The van der Waals surface area contributed by atoms with Gasteiger partial charge in [-0.3, -0.25) is 0 Å². The molecule has 7 heavy (non-hydrogen) atoms. The highest BCUT2D eigenvalue weighted by Crippen LogP contribution is 2.15. The molecular weight excluding hydrogens is 159 g/mol. The Kier molecular flexibility index (Phi) is 3.26. The summed E-state index contributed by atoms with van der Waals surface area (Å²) < 4.78 is 12.6. The summed E-state index contributed by atoms with van der Waals surface area (Å²) in [6, 6.07) is 0. The molecule has 0 saturated carbocycles. The molecule has 0 atom stereocenters. The zero-order chi connectivity index (χ0) is 5.86. The van der Waals surface area contributed by atoms with Gasteiger partial charge in [0.1, 0.15) is 5.83 Å².